The summed E-state index contributed by atoms with van der Waals surface area (Å²) in [6, 6.07) is 18.3. The van der Waals surface area contributed by atoms with E-state index < -0.39 is 24.0 Å². The van der Waals surface area contributed by atoms with E-state index in [4.69, 9.17) is 10.5 Å². The number of benzene rings is 2. The van der Waals surface area contributed by atoms with Gasteiger partial charge in [0.1, 0.15) is 11.6 Å². The number of ether oxygens (including phenoxy) is 1. The fourth-order valence-electron chi connectivity index (χ4n) is 4.37. The molecule has 1 fully saturated rings. The van der Waals surface area contributed by atoms with Crippen LogP contribution >= 0.6 is 0 Å². The fourth-order valence-corrected chi connectivity index (χ4v) is 4.37. The predicted octanol–water partition coefficient (Wildman–Crippen LogP) is 2.52. The SMILES string of the molecule is Nc1nccc2ccc(NC(=O)C(O)C(NC(=O)c3ccc(N4CCOCC4)nc3)c3ccccc3)cc12. The molecule has 5 rings (SSSR count). The summed E-state index contributed by atoms with van der Waals surface area (Å²) in [5.41, 5.74) is 7.30. The lowest BCUT2D eigenvalue weighted by molar-refractivity contribution is -0.125. The number of aliphatic hydroxyl groups excluding tert-OH is 1. The van der Waals surface area contributed by atoms with Gasteiger partial charge in [-0.1, -0.05) is 36.4 Å². The Morgan fingerprint density at radius 1 is 1.00 bits per heavy atom. The lowest BCUT2D eigenvalue weighted by atomic mass is 10.00. The van der Waals surface area contributed by atoms with Crippen molar-refractivity contribution >= 4 is 39.9 Å². The monoisotopic (exact) mass is 512 g/mol. The molecule has 194 valence electrons. The van der Waals surface area contributed by atoms with E-state index in [9.17, 15) is 14.7 Å². The molecule has 38 heavy (non-hydrogen) atoms. The number of nitrogen functional groups attached to an aromatic ring is 1. The van der Waals surface area contributed by atoms with Crippen LogP contribution in [0.3, 0.4) is 0 Å². The van der Waals surface area contributed by atoms with Gasteiger partial charge in [0.15, 0.2) is 6.10 Å². The highest BCUT2D eigenvalue weighted by Gasteiger charge is 2.30. The maximum absolute atomic E-state index is 13.1. The van der Waals surface area contributed by atoms with Gasteiger partial charge in [0.05, 0.1) is 24.8 Å². The van der Waals surface area contributed by atoms with Crippen LogP contribution in [0, 0.1) is 0 Å². The molecule has 5 N–H and O–H groups in total. The molecule has 2 aromatic carbocycles. The minimum Gasteiger partial charge on any atom is -0.383 e. The van der Waals surface area contributed by atoms with Crippen molar-refractivity contribution in [2.75, 3.05) is 42.3 Å². The molecule has 2 amide bonds. The normalized spacial score (nSPS) is 15.0. The Morgan fingerprint density at radius 2 is 1.79 bits per heavy atom. The molecule has 4 aromatic rings. The lowest BCUT2D eigenvalue weighted by Crippen LogP contribution is -2.42. The number of morpholine rings is 1. The first-order valence-electron chi connectivity index (χ1n) is 12.3. The molecule has 2 atom stereocenters. The largest absolute Gasteiger partial charge is 0.383 e. The van der Waals surface area contributed by atoms with Gasteiger partial charge in [-0.25, -0.2) is 9.97 Å². The van der Waals surface area contributed by atoms with E-state index in [1.54, 1.807) is 60.8 Å². The predicted molar refractivity (Wildman–Crippen MR) is 145 cm³/mol. The van der Waals surface area contributed by atoms with Gasteiger partial charge in [0.25, 0.3) is 11.8 Å². The van der Waals surface area contributed by atoms with E-state index in [2.05, 4.69) is 25.5 Å². The zero-order valence-electron chi connectivity index (χ0n) is 20.6. The second kappa shape index (κ2) is 11.2. The maximum atomic E-state index is 13.1. The molecule has 1 aliphatic rings. The van der Waals surface area contributed by atoms with Crippen LogP contribution in [0.5, 0.6) is 0 Å². The van der Waals surface area contributed by atoms with Gasteiger partial charge in [0.2, 0.25) is 0 Å². The number of aromatic nitrogens is 2. The molecule has 0 aliphatic carbocycles. The quantitative estimate of drug-likeness (QED) is 0.296. The van der Waals surface area contributed by atoms with Crippen molar-refractivity contribution in [2.24, 2.45) is 0 Å². The Labute approximate surface area is 219 Å². The van der Waals surface area contributed by atoms with Gasteiger partial charge in [-0.3, -0.25) is 9.59 Å². The highest BCUT2D eigenvalue weighted by molar-refractivity contribution is 6.00. The highest BCUT2D eigenvalue weighted by Crippen LogP contribution is 2.24. The van der Waals surface area contributed by atoms with Gasteiger partial charge in [-0.2, -0.15) is 0 Å². The number of nitrogens with one attached hydrogen (secondary N) is 2. The fraction of sp³-hybridized carbons (Fsp3) is 0.214. The summed E-state index contributed by atoms with van der Waals surface area (Å²) >= 11 is 0. The van der Waals surface area contributed by atoms with E-state index in [1.165, 1.54) is 6.20 Å². The van der Waals surface area contributed by atoms with E-state index in [0.717, 1.165) is 24.3 Å². The first-order valence-corrected chi connectivity index (χ1v) is 12.3. The number of carbonyl (C=O) groups excluding carboxylic acids is 2. The topological polar surface area (TPSA) is 143 Å². The molecule has 1 aliphatic heterocycles. The number of anilines is 3. The lowest BCUT2D eigenvalue weighted by Gasteiger charge is -2.28. The van der Waals surface area contributed by atoms with Crippen LogP contribution in [0.25, 0.3) is 10.8 Å². The summed E-state index contributed by atoms with van der Waals surface area (Å²) < 4.78 is 5.37. The Balaban J connectivity index is 1.33. The van der Waals surface area contributed by atoms with E-state index in [1.807, 2.05) is 12.1 Å². The Morgan fingerprint density at radius 3 is 2.53 bits per heavy atom. The molecule has 0 radical (unpaired) electrons. The van der Waals surface area contributed by atoms with Crippen LogP contribution in [-0.2, 0) is 9.53 Å². The number of pyridine rings is 2. The van der Waals surface area contributed by atoms with Gasteiger partial charge in [-0.15, -0.1) is 0 Å². The highest BCUT2D eigenvalue weighted by atomic mass is 16.5. The molecule has 1 saturated heterocycles. The number of carbonyl (C=O) groups is 2. The summed E-state index contributed by atoms with van der Waals surface area (Å²) in [5.74, 6) is -0.0463. The standard InChI is InChI=1S/C28H28N6O4/c29-26-22-16-21(8-6-18(22)10-11-30-26)32-28(37)25(35)24(19-4-2-1-3-5-19)33-27(36)20-7-9-23(31-17-20)34-12-14-38-15-13-34/h1-11,16-17,24-25,35H,12-15H2,(H2,29,30)(H,32,37)(H,33,36). The van der Waals surface area contributed by atoms with E-state index in [-0.39, 0.29) is 0 Å². The maximum Gasteiger partial charge on any atom is 0.255 e. The number of hydrogen-bond acceptors (Lipinski definition) is 8. The first kappa shape index (κ1) is 25.1. The van der Waals surface area contributed by atoms with Crippen LogP contribution < -0.4 is 21.3 Å². The summed E-state index contributed by atoms with van der Waals surface area (Å²) in [6.07, 6.45) is 1.52. The van der Waals surface area contributed by atoms with Crippen LogP contribution in [0.1, 0.15) is 22.0 Å². The third-order valence-corrected chi connectivity index (χ3v) is 6.44. The van der Waals surface area contributed by atoms with Crippen molar-refractivity contribution in [3.05, 3.63) is 90.3 Å². The Hall–Kier alpha value is -4.54. The molecular weight excluding hydrogens is 484 g/mol. The van der Waals surface area contributed by atoms with Crippen molar-refractivity contribution in [3.63, 3.8) is 0 Å². The third-order valence-electron chi connectivity index (χ3n) is 6.44. The van der Waals surface area contributed by atoms with Crippen molar-refractivity contribution in [3.8, 4) is 0 Å². The summed E-state index contributed by atoms with van der Waals surface area (Å²) in [5, 5.41) is 18.1. The van der Waals surface area contributed by atoms with Gasteiger partial charge in [-0.05, 0) is 41.3 Å². The van der Waals surface area contributed by atoms with Crippen molar-refractivity contribution < 1.29 is 19.4 Å². The third kappa shape index (κ3) is 5.56. The van der Waals surface area contributed by atoms with Gasteiger partial charge >= 0.3 is 0 Å². The summed E-state index contributed by atoms with van der Waals surface area (Å²) in [7, 11) is 0. The molecule has 10 nitrogen and oxygen atoms in total. The molecular formula is C28H28N6O4. The molecule has 0 saturated carbocycles. The van der Waals surface area contributed by atoms with E-state index in [0.29, 0.717) is 41.2 Å². The molecule has 3 heterocycles. The average molecular weight is 513 g/mol. The summed E-state index contributed by atoms with van der Waals surface area (Å²) in [6.45, 7) is 2.73. The molecule has 2 unspecified atom stereocenters. The Kier molecular flexibility index (Phi) is 7.43. The first-order chi connectivity index (χ1) is 18.5. The molecule has 0 spiro atoms. The van der Waals surface area contributed by atoms with E-state index >= 15 is 0 Å². The second-order valence-electron chi connectivity index (χ2n) is 8.93. The number of nitrogens with two attached hydrogens (primary N) is 1. The zero-order chi connectivity index (χ0) is 26.5. The van der Waals surface area contributed by atoms with Crippen LogP contribution in [-0.4, -0.2) is 59.3 Å². The number of nitrogens with zero attached hydrogens (tertiary/aromatic N) is 3. The second-order valence-corrected chi connectivity index (χ2v) is 8.93. The van der Waals surface area contributed by atoms with Crippen LogP contribution in [0.15, 0.2) is 79.1 Å². The van der Waals surface area contributed by atoms with Crippen molar-refractivity contribution in [1.82, 2.24) is 15.3 Å². The van der Waals surface area contributed by atoms with Crippen LogP contribution in [0.2, 0.25) is 0 Å². The molecule has 10 heteroatoms. The Bertz CT molecular complexity index is 1420. The van der Waals surface area contributed by atoms with Crippen molar-refractivity contribution in [1.29, 1.82) is 0 Å². The number of amides is 2. The summed E-state index contributed by atoms with van der Waals surface area (Å²) in [4.78, 5) is 36.8. The zero-order valence-corrected chi connectivity index (χ0v) is 20.6. The van der Waals surface area contributed by atoms with Gasteiger partial charge < -0.3 is 31.1 Å². The number of aliphatic hydroxyl groups is 1. The number of fused-ring (bicyclic) bond motifs is 1. The molecule has 2 aromatic heterocycles. The number of rotatable bonds is 7. The van der Waals surface area contributed by atoms with Crippen LogP contribution in [0.4, 0.5) is 17.3 Å². The van der Waals surface area contributed by atoms with Crippen molar-refractivity contribution in [2.45, 2.75) is 12.1 Å². The minimum absolute atomic E-state index is 0.313. The minimum atomic E-state index is -1.58. The number of hydrogen-bond donors (Lipinski definition) is 4. The average Bonchev–Trinajstić information content (AvgIpc) is 2.97. The van der Waals surface area contributed by atoms with Gasteiger partial charge in [0, 0.05) is 36.6 Å². The molecule has 0 bridgehead atoms. The smallest absolute Gasteiger partial charge is 0.255 e.